The van der Waals surface area contributed by atoms with Crippen molar-refractivity contribution in [1.29, 1.82) is 0 Å². The Kier molecular flexibility index (Phi) is 8.64. The van der Waals surface area contributed by atoms with Crippen molar-refractivity contribution in [3.8, 4) is 22.9 Å². The van der Waals surface area contributed by atoms with E-state index in [1.54, 1.807) is 29.4 Å². The second kappa shape index (κ2) is 12.6. The molecule has 0 spiro atoms. The third kappa shape index (κ3) is 7.07. The van der Waals surface area contributed by atoms with Crippen LogP contribution in [0.2, 0.25) is 0 Å². The normalized spacial score (nSPS) is 18.3. The van der Waals surface area contributed by atoms with Crippen LogP contribution in [0, 0.1) is 26.7 Å². The molecule has 2 aliphatic rings. The van der Waals surface area contributed by atoms with Crippen molar-refractivity contribution in [2.75, 3.05) is 11.3 Å². The molecule has 1 N–H and O–H groups in total. The number of hydrogen-bond acceptors (Lipinski definition) is 9. The van der Waals surface area contributed by atoms with Crippen molar-refractivity contribution in [2.45, 2.75) is 83.9 Å². The van der Waals surface area contributed by atoms with Gasteiger partial charge in [-0.15, -0.1) is 0 Å². The van der Waals surface area contributed by atoms with Gasteiger partial charge in [-0.05, 0) is 82.2 Å². The molecule has 11 nitrogen and oxygen atoms in total. The van der Waals surface area contributed by atoms with Crippen molar-refractivity contribution in [2.24, 2.45) is 5.92 Å². The average molecular weight is 657 g/mol. The fraction of sp³-hybridized carbons (Fsp3) is 0.400. The summed E-state index contributed by atoms with van der Waals surface area (Å²) in [6.45, 7) is 12.2. The lowest BCUT2D eigenvalue weighted by Gasteiger charge is -2.32. The molecule has 1 atom stereocenters. The Hall–Kier alpha value is -4.58. The van der Waals surface area contributed by atoms with Crippen LogP contribution in [0.3, 0.4) is 0 Å². The van der Waals surface area contributed by atoms with Crippen LogP contribution in [-0.2, 0) is 16.6 Å². The molecule has 0 saturated heterocycles. The molecule has 0 unspecified atom stereocenters. The zero-order valence-corrected chi connectivity index (χ0v) is 28.4. The maximum Gasteiger partial charge on any atom is 0.264 e. The van der Waals surface area contributed by atoms with Crippen molar-refractivity contribution in [3.05, 3.63) is 82.9 Å². The number of anilines is 1. The fourth-order valence-electron chi connectivity index (χ4n) is 5.82. The van der Waals surface area contributed by atoms with Crippen LogP contribution >= 0.6 is 0 Å². The maximum absolute atomic E-state index is 14.3. The lowest BCUT2D eigenvalue weighted by molar-refractivity contribution is 0.0545. The summed E-state index contributed by atoms with van der Waals surface area (Å²) in [6, 6.07) is 11.5. The number of hydrogen-bond donors (Lipinski definition) is 1. The highest BCUT2D eigenvalue weighted by molar-refractivity contribution is 7.92. The van der Waals surface area contributed by atoms with Gasteiger partial charge in [0.05, 0.1) is 35.6 Å². The summed E-state index contributed by atoms with van der Waals surface area (Å²) in [7, 11) is -4.18. The number of carbonyl (C=O) groups is 1. The standard InChI is InChI=1S/C35H40N6O5S/c1-21(2)15-26-20-45-32-24(5)31(30-22(3)9-7-10-23(30)4)38-34(39-32)40-47(43,44)28-12-8-11-25(16-28)33(42)41(26)19-29-36-17-27(18-37-29)46-35(6)13-14-35/h7-12,16-18,21,26H,13-15,19-20H2,1-6H3,(H,38,39,40)/t26-/m1/s1. The van der Waals surface area contributed by atoms with Gasteiger partial charge in [0.25, 0.3) is 15.9 Å². The zero-order chi connectivity index (χ0) is 33.5. The predicted octanol–water partition coefficient (Wildman–Crippen LogP) is 6.04. The largest absolute Gasteiger partial charge is 0.484 e. The van der Waals surface area contributed by atoms with Crippen LogP contribution in [0.25, 0.3) is 11.3 Å². The number of nitrogens with one attached hydrogen (secondary N) is 1. The minimum atomic E-state index is -4.18. The third-order valence-electron chi connectivity index (χ3n) is 8.61. The molecule has 47 heavy (non-hydrogen) atoms. The summed E-state index contributed by atoms with van der Waals surface area (Å²) in [5.74, 6) is 0.947. The monoisotopic (exact) mass is 656 g/mol. The first kappa shape index (κ1) is 32.4. The van der Waals surface area contributed by atoms with E-state index in [1.807, 2.05) is 45.9 Å². The Morgan fingerprint density at radius 1 is 1.04 bits per heavy atom. The van der Waals surface area contributed by atoms with Crippen LogP contribution in [0.15, 0.2) is 59.8 Å². The van der Waals surface area contributed by atoms with Gasteiger partial charge in [-0.3, -0.25) is 4.79 Å². The van der Waals surface area contributed by atoms with Crippen LogP contribution < -0.4 is 14.2 Å². The molecule has 1 amide bonds. The molecule has 1 saturated carbocycles. The van der Waals surface area contributed by atoms with E-state index in [1.165, 1.54) is 12.1 Å². The molecule has 1 aliphatic carbocycles. The van der Waals surface area contributed by atoms with Gasteiger partial charge in [0.2, 0.25) is 11.8 Å². The first-order valence-corrected chi connectivity index (χ1v) is 17.3. The van der Waals surface area contributed by atoms with E-state index < -0.39 is 16.1 Å². The van der Waals surface area contributed by atoms with Gasteiger partial charge in [0.15, 0.2) is 5.75 Å². The number of rotatable bonds is 7. The molecule has 4 aromatic rings. The number of benzene rings is 2. The summed E-state index contributed by atoms with van der Waals surface area (Å²) in [4.78, 5) is 34.2. The van der Waals surface area contributed by atoms with Crippen molar-refractivity contribution in [1.82, 2.24) is 24.8 Å². The van der Waals surface area contributed by atoms with Crippen LogP contribution in [0.5, 0.6) is 11.6 Å². The van der Waals surface area contributed by atoms with Gasteiger partial charge < -0.3 is 14.4 Å². The summed E-state index contributed by atoms with van der Waals surface area (Å²) < 4.78 is 42.3. The molecular weight excluding hydrogens is 616 g/mol. The first-order chi connectivity index (χ1) is 22.3. The van der Waals surface area contributed by atoms with E-state index in [0.717, 1.165) is 29.5 Å². The van der Waals surface area contributed by atoms with Gasteiger partial charge in [0.1, 0.15) is 18.0 Å². The molecule has 2 aromatic carbocycles. The Morgan fingerprint density at radius 3 is 2.38 bits per heavy atom. The molecule has 6 rings (SSSR count). The lowest BCUT2D eigenvalue weighted by atomic mass is 9.97. The molecule has 12 heteroatoms. The first-order valence-electron chi connectivity index (χ1n) is 15.8. The Morgan fingerprint density at radius 2 is 1.72 bits per heavy atom. The number of fused-ring (bicyclic) bond motifs is 4. The third-order valence-corrected chi connectivity index (χ3v) is 9.93. The zero-order valence-electron chi connectivity index (χ0n) is 27.6. The van der Waals surface area contributed by atoms with Gasteiger partial charge in [-0.25, -0.2) is 28.1 Å². The molecule has 3 heterocycles. The second-order valence-corrected chi connectivity index (χ2v) is 14.8. The molecular formula is C35H40N6O5S. The van der Waals surface area contributed by atoms with Crippen LogP contribution in [0.1, 0.15) is 72.9 Å². The number of sulfonamides is 1. The van der Waals surface area contributed by atoms with Gasteiger partial charge in [0, 0.05) is 16.7 Å². The topological polar surface area (TPSA) is 136 Å². The van der Waals surface area contributed by atoms with Crippen molar-refractivity contribution >= 4 is 21.9 Å². The maximum atomic E-state index is 14.3. The van der Waals surface area contributed by atoms with E-state index in [-0.39, 0.29) is 52.9 Å². The number of aromatic nitrogens is 4. The van der Waals surface area contributed by atoms with E-state index >= 15 is 0 Å². The lowest BCUT2D eigenvalue weighted by Crippen LogP contribution is -2.44. The number of ether oxygens (including phenoxy) is 2. The highest BCUT2D eigenvalue weighted by Gasteiger charge is 2.40. The second-order valence-electron chi connectivity index (χ2n) is 13.1. The van der Waals surface area contributed by atoms with Gasteiger partial charge in [-0.1, -0.05) is 38.1 Å². The average Bonchev–Trinajstić information content (AvgIpc) is 3.75. The highest BCUT2D eigenvalue weighted by atomic mass is 32.2. The number of nitrogens with zero attached hydrogens (tertiary/aromatic N) is 5. The summed E-state index contributed by atoms with van der Waals surface area (Å²) >= 11 is 0. The summed E-state index contributed by atoms with van der Waals surface area (Å²) in [5.41, 5.74) is 4.10. The Balaban J connectivity index is 1.45. The van der Waals surface area contributed by atoms with Crippen LogP contribution in [0.4, 0.5) is 5.95 Å². The minimum Gasteiger partial charge on any atom is -0.484 e. The van der Waals surface area contributed by atoms with Crippen molar-refractivity contribution < 1.29 is 22.7 Å². The number of amides is 1. The number of carbonyl (C=O) groups excluding carboxylic acids is 1. The fourth-order valence-corrected chi connectivity index (χ4v) is 6.81. The van der Waals surface area contributed by atoms with Gasteiger partial charge in [-0.2, -0.15) is 4.98 Å². The number of aryl methyl sites for hydroxylation is 2. The molecule has 0 radical (unpaired) electrons. The van der Waals surface area contributed by atoms with Crippen molar-refractivity contribution in [3.63, 3.8) is 0 Å². The van der Waals surface area contributed by atoms with E-state index in [0.29, 0.717) is 29.3 Å². The molecule has 4 bridgehead atoms. The highest BCUT2D eigenvalue weighted by Crippen LogP contribution is 2.39. The van der Waals surface area contributed by atoms with E-state index in [9.17, 15) is 13.2 Å². The predicted molar refractivity (Wildman–Crippen MR) is 178 cm³/mol. The van der Waals surface area contributed by atoms with E-state index in [2.05, 4.69) is 38.5 Å². The van der Waals surface area contributed by atoms with Gasteiger partial charge >= 0.3 is 0 Å². The SMILES string of the molecule is Cc1cccc(C)c1-c1nc2nc(c1C)OC[C@@H](CC(C)C)N(Cc1ncc(OC3(C)CC3)cn1)C(=O)c1cccc(c1)S(=O)(=O)N2. The minimum absolute atomic E-state index is 0.0774. The van der Waals surface area contributed by atoms with E-state index in [4.69, 9.17) is 9.47 Å². The molecule has 246 valence electrons. The molecule has 1 fully saturated rings. The Bertz CT molecular complexity index is 1910. The van der Waals surface area contributed by atoms with Crippen LogP contribution in [-0.4, -0.2) is 57.4 Å². The smallest absolute Gasteiger partial charge is 0.264 e. The summed E-state index contributed by atoms with van der Waals surface area (Å²) in [5, 5.41) is 0. The molecule has 1 aliphatic heterocycles. The Labute approximate surface area is 275 Å². The quantitative estimate of drug-likeness (QED) is 0.252. The summed E-state index contributed by atoms with van der Waals surface area (Å²) in [6.07, 6.45) is 5.83. The molecule has 2 aromatic heterocycles.